The normalized spacial score (nSPS) is 18.7. The lowest BCUT2D eigenvalue weighted by Crippen LogP contribution is -2.59. The van der Waals surface area contributed by atoms with E-state index in [1.807, 2.05) is 42.3 Å². The van der Waals surface area contributed by atoms with Crippen LogP contribution in [0, 0.1) is 11.8 Å². The summed E-state index contributed by atoms with van der Waals surface area (Å²) in [4.78, 5) is 33.6. The smallest absolute Gasteiger partial charge is 0.291 e. The summed E-state index contributed by atoms with van der Waals surface area (Å²) in [6.45, 7) is 0.944. The van der Waals surface area contributed by atoms with E-state index in [-0.39, 0.29) is 18.3 Å². The predicted octanol–water partition coefficient (Wildman–Crippen LogP) is 0.577. The van der Waals surface area contributed by atoms with Crippen molar-refractivity contribution in [3.63, 3.8) is 0 Å². The number of likely N-dealkylation sites (N-methyl/N-ethyl adjacent to an activating group) is 2. The van der Waals surface area contributed by atoms with E-state index in [4.69, 9.17) is 4.74 Å². The van der Waals surface area contributed by atoms with Crippen LogP contribution in [0.5, 0.6) is 5.75 Å². The summed E-state index contributed by atoms with van der Waals surface area (Å²) in [6, 6.07) is 14.0. The first-order valence-electron chi connectivity index (χ1n) is 11.5. The van der Waals surface area contributed by atoms with Crippen molar-refractivity contribution in [3.05, 3.63) is 71.3 Å². The number of ether oxygens (including phenoxy) is 1. The Morgan fingerprint density at radius 2 is 2.03 bits per heavy atom. The van der Waals surface area contributed by atoms with Gasteiger partial charge in [-0.15, -0.1) is 5.10 Å². The highest BCUT2D eigenvalue weighted by molar-refractivity contribution is 6.02. The van der Waals surface area contributed by atoms with Crippen LogP contribution in [0.1, 0.15) is 27.6 Å². The van der Waals surface area contributed by atoms with Gasteiger partial charge in [0.2, 0.25) is 5.82 Å². The number of nitrogens with zero attached hydrogens (tertiary/aromatic N) is 4. The second-order valence-corrected chi connectivity index (χ2v) is 9.14. The Hall–Kier alpha value is -4.20. The number of amides is 2. The number of aromatic amines is 1. The number of anilines is 1. The largest absolute Gasteiger partial charge is 0.489 e. The SMILES string of the molecule is CN1CC(O)(C#Cc2ccc3c(c2)N(C)C(=O)[C@@H](NC(=O)c2n[nH]c(Cc4ccccc4)n2)CO3)C1. The van der Waals surface area contributed by atoms with Crippen molar-refractivity contribution in [2.75, 3.05) is 38.7 Å². The van der Waals surface area contributed by atoms with Gasteiger partial charge in [-0.25, -0.2) is 4.98 Å². The lowest BCUT2D eigenvalue weighted by Gasteiger charge is -2.40. The van der Waals surface area contributed by atoms with Crippen LogP contribution >= 0.6 is 0 Å². The van der Waals surface area contributed by atoms with Crippen molar-refractivity contribution in [1.29, 1.82) is 0 Å². The van der Waals surface area contributed by atoms with Gasteiger partial charge >= 0.3 is 0 Å². The van der Waals surface area contributed by atoms with Gasteiger partial charge in [0.15, 0.2) is 5.60 Å². The lowest BCUT2D eigenvalue weighted by molar-refractivity contribution is -0.120. The summed E-state index contributed by atoms with van der Waals surface area (Å²) < 4.78 is 5.84. The van der Waals surface area contributed by atoms with E-state index < -0.39 is 17.6 Å². The minimum absolute atomic E-state index is 0.0413. The molecule has 0 spiro atoms. The molecule has 0 saturated carbocycles. The first-order chi connectivity index (χ1) is 17.3. The molecule has 10 heteroatoms. The molecule has 0 aliphatic carbocycles. The van der Waals surface area contributed by atoms with E-state index in [0.29, 0.717) is 42.3 Å². The van der Waals surface area contributed by atoms with E-state index in [1.165, 1.54) is 4.90 Å². The summed E-state index contributed by atoms with van der Waals surface area (Å²) in [5, 5.41) is 19.8. The Balaban J connectivity index is 1.26. The van der Waals surface area contributed by atoms with Crippen molar-refractivity contribution in [3.8, 4) is 17.6 Å². The number of β-amino-alcohol motifs (C(OH)–C–C–N with tert-alkyl or cyclic N) is 1. The highest BCUT2D eigenvalue weighted by Gasteiger charge is 2.37. The van der Waals surface area contributed by atoms with Crippen LogP contribution in [0.3, 0.4) is 0 Å². The van der Waals surface area contributed by atoms with Crippen LogP contribution in [0.25, 0.3) is 0 Å². The summed E-state index contributed by atoms with van der Waals surface area (Å²) in [5.74, 6) is 5.98. The average Bonchev–Trinajstić information content (AvgIpc) is 3.29. The van der Waals surface area contributed by atoms with Gasteiger partial charge in [-0.2, -0.15) is 0 Å². The Kier molecular flexibility index (Phi) is 6.18. The number of hydrogen-bond donors (Lipinski definition) is 3. The monoisotopic (exact) mass is 486 g/mol. The Morgan fingerprint density at radius 3 is 2.78 bits per heavy atom. The summed E-state index contributed by atoms with van der Waals surface area (Å²) in [5.41, 5.74) is 1.19. The number of aromatic nitrogens is 3. The molecule has 1 aromatic heterocycles. The number of likely N-dealkylation sites (tertiary alicyclic amines) is 1. The number of carbonyl (C=O) groups excluding carboxylic acids is 2. The molecule has 36 heavy (non-hydrogen) atoms. The second kappa shape index (κ2) is 9.45. The quantitative estimate of drug-likeness (QED) is 0.461. The zero-order chi connectivity index (χ0) is 25.3. The Labute approximate surface area is 208 Å². The fourth-order valence-electron chi connectivity index (χ4n) is 4.28. The van der Waals surface area contributed by atoms with Crippen molar-refractivity contribution in [2.45, 2.75) is 18.1 Å². The molecule has 0 radical (unpaired) electrons. The molecule has 1 saturated heterocycles. The number of aliphatic hydroxyl groups is 1. The van der Waals surface area contributed by atoms with Gasteiger partial charge in [0, 0.05) is 32.1 Å². The number of fused-ring (bicyclic) bond motifs is 1. The molecule has 3 heterocycles. The van der Waals surface area contributed by atoms with Crippen LogP contribution < -0.4 is 15.0 Å². The molecule has 1 atom stereocenters. The van der Waals surface area contributed by atoms with Gasteiger partial charge in [0.1, 0.15) is 24.2 Å². The van der Waals surface area contributed by atoms with E-state index in [0.717, 1.165) is 5.56 Å². The van der Waals surface area contributed by atoms with Crippen molar-refractivity contribution in [1.82, 2.24) is 25.4 Å². The number of carbonyl (C=O) groups is 2. The van der Waals surface area contributed by atoms with Gasteiger partial charge < -0.3 is 20.1 Å². The van der Waals surface area contributed by atoms with Gasteiger partial charge in [-0.1, -0.05) is 42.2 Å². The number of benzene rings is 2. The minimum atomic E-state index is -1.02. The van der Waals surface area contributed by atoms with Crippen molar-refractivity contribution < 1.29 is 19.4 Å². The zero-order valence-electron chi connectivity index (χ0n) is 20.0. The van der Waals surface area contributed by atoms with Crippen LogP contribution in [-0.2, 0) is 11.2 Å². The first-order valence-corrected chi connectivity index (χ1v) is 11.5. The maximum atomic E-state index is 13.1. The molecule has 0 unspecified atom stereocenters. The van der Waals surface area contributed by atoms with Crippen LogP contribution in [-0.4, -0.2) is 82.4 Å². The first kappa shape index (κ1) is 23.5. The Bertz CT molecular complexity index is 1350. The van der Waals surface area contributed by atoms with E-state index >= 15 is 0 Å². The molecule has 5 rings (SSSR count). The van der Waals surface area contributed by atoms with Gasteiger partial charge in [-0.05, 0) is 30.8 Å². The van der Waals surface area contributed by atoms with E-state index in [1.54, 1.807) is 25.2 Å². The lowest BCUT2D eigenvalue weighted by atomic mass is 9.95. The second-order valence-electron chi connectivity index (χ2n) is 9.14. The Morgan fingerprint density at radius 1 is 1.25 bits per heavy atom. The van der Waals surface area contributed by atoms with Crippen LogP contribution in [0.2, 0.25) is 0 Å². The molecule has 2 aliphatic heterocycles. The van der Waals surface area contributed by atoms with Crippen molar-refractivity contribution >= 4 is 17.5 Å². The van der Waals surface area contributed by atoms with E-state index in [9.17, 15) is 14.7 Å². The third kappa shape index (κ3) is 4.93. The fraction of sp³-hybridized carbons (Fsp3) is 0.308. The van der Waals surface area contributed by atoms with Gasteiger partial charge in [0.25, 0.3) is 11.8 Å². The minimum Gasteiger partial charge on any atom is -0.489 e. The molecule has 3 N–H and O–H groups in total. The molecule has 10 nitrogen and oxygen atoms in total. The molecule has 184 valence electrons. The number of rotatable bonds is 4. The highest BCUT2D eigenvalue weighted by atomic mass is 16.5. The summed E-state index contributed by atoms with van der Waals surface area (Å²) in [7, 11) is 3.53. The molecule has 0 bridgehead atoms. The van der Waals surface area contributed by atoms with Gasteiger partial charge in [0.05, 0.1) is 5.69 Å². The van der Waals surface area contributed by atoms with Crippen LogP contribution in [0.15, 0.2) is 48.5 Å². The molecular weight excluding hydrogens is 460 g/mol. The molecule has 2 aliphatic rings. The fourth-order valence-corrected chi connectivity index (χ4v) is 4.28. The topological polar surface area (TPSA) is 124 Å². The summed E-state index contributed by atoms with van der Waals surface area (Å²) >= 11 is 0. The highest BCUT2D eigenvalue weighted by Crippen LogP contribution is 2.31. The predicted molar refractivity (Wildman–Crippen MR) is 132 cm³/mol. The third-order valence-corrected chi connectivity index (χ3v) is 6.11. The van der Waals surface area contributed by atoms with Crippen LogP contribution in [0.4, 0.5) is 5.69 Å². The number of hydrogen-bond acceptors (Lipinski definition) is 7. The average molecular weight is 487 g/mol. The van der Waals surface area contributed by atoms with E-state index in [2.05, 4.69) is 32.3 Å². The van der Waals surface area contributed by atoms with Crippen molar-refractivity contribution in [2.24, 2.45) is 0 Å². The molecule has 2 amide bonds. The number of nitrogens with one attached hydrogen (secondary N) is 2. The molecule has 1 fully saturated rings. The third-order valence-electron chi connectivity index (χ3n) is 6.11. The zero-order valence-corrected chi connectivity index (χ0v) is 20.0. The molecule has 2 aromatic carbocycles. The van der Waals surface area contributed by atoms with Gasteiger partial charge in [-0.3, -0.25) is 19.6 Å². The standard InChI is InChI=1S/C26H26N6O4/c1-31-15-26(35,16-31)11-10-18-8-9-21-20(12-18)32(2)25(34)19(14-36-21)27-24(33)23-28-22(29-30-23)13-17-6-4-3-5-7-17/h3-9,12,19,35H,13-16H2,1-2H3,(H,27,33)(H,28,29,30)/t19-/m0/s1. The maximum absolute atomic E-state index is 13.1. The maximum Gasteiger partial charge on any atom is 0.291 e. The summed E-state index contributed by atoms with van der Waals surface area (Å²) in [6.07, 6.45) is 0.504. The number of H-pyrrole nitrogens is 1. The molecular formula is C26H26N6O4. The molecule has 3 aromatic rings.